The third kappa shape index (κ3) is 74.1. The van der Waals surface area contributed by atoms with Crippen molar-refractivity contribution < 1.29 is 80.2 Å². The summed E-state index contributed by atoms with van der Waals surface area (Å²) < 4.78 is 68.6. The molecule has 17 nitrogen and oxygen atoms in total. The Balaban J connectivity index is 5.22. The zero-order valence-corrected chi connectivity index (χ0v) is 66.8. The van der Waals surface area contributed by atoms with Gasteiger partial charge in [0.25, 0.3) is 0 Å². The molecule has 0 aromatic rings. The maximum Gasteiger partial charge on any atom is 0.472 e. The Morgan fingerprint density at radius 3 is 0.687 bits per heavy atom. The van der Waals surface area contributed by atoms with Crippen molar-refractivity contribution in [2.24, 2.45) is 17.8 Å². The number of aliphatic hydroxyl groups excluding tert-OH is 1. The number of carbonyl (C=O) groups is 4. The topological polar surface area (TPSA) is 237 Å². The van der Waals surface area contributed by atoms with Crippen molar-refractivity contribution in [3.05, 3.63) is 0 Å². The monoisotopic (exact) mass is 1450 g/mol. The Labute approximate surface area is 607 Å². The first kappa shape index (κ1) is 97.1. The Bertz CT molecular complexity index is 1920. The van der Waals surface area contributed by atoms with Gasteiger partial charge in [0, 0.05) is 25.7 Å². The standard InChI is InChI=1S/C80H156O17P2/c1-8-9-10-11-12-13-14-15-16-17-18-19-20-21-22-25-29-32-42-49-56-63-79(84)96-75(67-90-77(82)61-54-47-40-31-28-26-23-24-27-30-37-44-51-58-71(2)3)69-94-98(86,87)92-65-74(81)66-93-99(88,89)95-70-76(97-80(85)64-57-50-43-36-34-39-46-53-60-73(6)7)68-91-78(83)62-55-48-41-35-33-38-45-52-59-72(4)5/h71-76,81H,8-70H2,1-7H3,(H,86,87)(H,88,89)/t74-,75-,76-/m1/s1. The molecule has 0 radical (unpaired) electrons. The van der Waals surface area contributed by atoms with Crippen molar-refractivity contribution in [2.75, 3.05) is 39.6 Å². The number of aliphatic hydroxyl groups is 1. The number of hydrogen-bond acceptors (Lipinski definition) is 15. The summed E-state index contributed by atoms with van der Waals surface area (Å²) >= 11 is 0. The second-order valence-corrected chi connectivity index (χ2v) is 33.1. The average molecular weight is 1450 g/mol. The lowest BCUT2D eigenvalue weighted by molar-refractivity contribution is -0.161. The SMILES string of the molecule is CCCCCCCCCCCCCCCCCCCCCCCC(=O)O[C@H](COC(=O)CCCCCCCCCCCCCCCC(C)C)COP(=O)(O)OC[C@@H](O)COP(=O)(O)OC[C@@H](COC(=O)CCCCCCCCCCC(C)C)OC(=O)CCCCCCCCCCC(C)C. The third-order valence-electron chi connectivity index (χ3n) is 18.6. The second-order valence-electron chi connectivity index (χ2n) is 30.2. The molecular formula is C80H156O17P2. The lowest BCUT2D eigenvalue weighted by Crippen LogP contribution is -2.30. The zero-order chi connectivity index (χ0) is 73.0. The Kier molecular flexibility index (Phi) is 69.0. The van der Waals surface area contributed by atoms with Gasteiger partial charge in [-0.1, -0.05) is 363 Å². The highest BCUT2D eigenvalue weighted by atomic mass is 31.2. The Morgan fingerprint density at radius 2 is 0.465 bits per heavy atom. The maximum absolute atomic E-state index is 13.1. The van der Waals surface area contributed by atoms with Gasteiger partial charge in [0.2, 0.25) is 0 Å². The highest BCUT2D eigenvalue weighted by Crippen LogP contribution is 2.45. The number of carbonyl (C=O) groups excluding carboxylic acids is 4. The smallest absolute Gasteiger partial charge is 0.462 e. The molecule has 2 unspecified atom stereocenters. The molecular weight excluding hydrogens is 1290 g/mol. The van der Waals surface area contributed by atoms with E-state index in [9.17, 15) is 43.2 Å². The molecule has 0 amide bonds. The van der Waals surface area contributed by atoms with Crippen molar-refractivity contribution >= 4 is 39.5 Å². The lowest BCUT2D eigenvalue weighted by Gasteiger charge is -2.21. The summed E-state index contributed by atoms with van der Waals surface area (Å²) in [6.45, 7) is 11.9. The van der Waals surface area contributed by atoms with Crippen LogP contribution in [0, 0.1) is 17.8 Å². The number of ether oxygens (including phenoxy) is 4. The van der Waals surface area contributed by atoms with E-state index in [0.29, 0.717) is 25.7 Å². The van der Waals surface area contributed by atoms with Gasteiger partial charge in [0.15, 0.2) is 12.2 Å². The normalized spacial score (nSPS) is 14.0. The van der Waals surface area contributed by atoms with E-state index in [1.54, 1.807) is 0 Å². The van der Waals surface area contributed by atoms with E-state index in [1.165, 1.54) is 225 Å². The Hall–Kier alpha value is -1.94. The van der Waals surface area contributed by atoms with Gasteiger partial charge >= 0.3 is 39.5 Å². The zero-order valence-electron chi connectivity index (χ0n) is 65.0. The van der Waals surface area contributed by atoms with E-state index in [0.717, 1.165) is 108 Å². The summed E-state index contributed by atoms with van der Waals surface area (Å²) in [5.41, 5.74) is 0. The van der Waals surface area contributed by atoms with E-state index in [-0.39, 0.29) is 25.7 Å². The van der Waals surface area contributed by atoms with Crippen LogP contribution < -0.4 is 0 Å². The fourth-order valence-corrected chi connectivity index (χ4v) is 13.9. The van der Waals surface area contributed by atoms with Gasteiger partial charge < -0.3 is 33.8 Å². The average Bonchev–Trinajstić information content (AvgIpc) is 0.971. The minimum Gasteiger partial charge on any atom is -0.462 e. The first-order valence-electron chi connectivity index (χ1n) is 41.3. The van der Waals surface area contributed by atoms with E-state index < -0.39 is 97.5 Å². The second kappa shape index (κ2) is 70.4. The summed E-state index contributed by atoms with van der Waals surface area (Å²) in [5.74, 6) is 0.120. The molecule has 0 aliphatic heterocycles. The number of rotatable bonds is 78. The molecule has 99 heavy (non-hydrogen) atoms. The van der Waals surface area contributed by atoms with Crippen LogP contribution in [0.2, 0.25) is 0 Å². The molecule has 0 rings (SSSR count). The molecule has 0 saturated heterocycles. The van der Waals surface area contributed by atoms with Crippen LogP contribution in [0.3, 0.4) is 0 Å². The van der Waals surface area contributed by atoms with Gasteiger partial charge in [-0.2, -0.15) is 0 Å². The van der Waals surface area contributed by atoms with Gasteiger partial charge in [-0.15, -0.1) is 0 Å². The Morgan fingerprint density at radius 1 is 0.273 bits per heavy atom. The number of phosphoric acid groups is 2. The van der Waals surface area contributed by atoms with Crippen LogP contribution >= 0.6 is 15.6 Å². The molecule has 588 valence electrons. The summed E-state index contributed by atoms with van der Waals surface area (Å²) in [4.78, 5) is 72.9. The first-order chi connectivity index (χ1) is 47.7. The molecule has 19 heteroatoms. The molecule has 0 saturated carbocycles. The van der Waals surface area contributed by atoms with Crippen LogP contribution in [0.4, 0.5) is 0 Å². The van der Waals surface area contributed by atoms with Crippen molar-refractivity contribution in [1.82, 2.24) is 0 Å². The molecule has 5 atom stereocenters. The highest BCUT2D eigenvalue weighted by Gasteiger charge is 2.30. The summed E-state index contributed by atoms with van der Waals surface area (Å²) in [7, 11) is -9.92. The lowest BCUT2D eigenvalue weighted by atomic mass is 10.0. The van der Waals surface area contributed by atoms with Crippen LogP contribution in [0.5, 0.6) is 0 Å². The summed E-state index contributed by atoms with van der Waals surface area (Å²) in [5, 5.41) is 10.6. The molecule has 0 aromatic carbocycles. The highest BCUT2D eigenvalue weighted by molar-refractivity contribution is 7.47. The number of unbranched alkanes of at least 4 members (excludes halogenated alkanes) is 46. The van der Waals surface area contributed by atoms with Crippen LogP contribution in [0.1, 0.15) is 414 Å². The first-order valence-corrected chi connectivity index (χ1v) is 44.3. The van der Waals surface area contributed by atoms with Crippen LogP contribution in [-0.2, 0) is 65.4 Å². The largest absolute Gasteiger partial charge is 0.472 e. The van der Waals surface area contributed by atoms with Gasteiger partial charge in [0.05, 0.1) is 26.4 Å². The fourth-order valence-electron chi connectivity index (χ4n) is 12.3. The van der Waals surface area contributed by atoms with Crippen molar-refractivity contribution in [3.63, 3.8) is 0 Å². The molecule has 0 heterocycles. The molecule has 0 aliphatic carbocycles. The molecule has 3 N–H and O–H groups in total. The molecule has 0 aliphatic rings. The van der Waals surface area contributed by atoms with Gasteiger partial charge in [-0.05, 0) is 43.4 Å². The van der Waals surface area contributed by atoms with E-state index in [4.69, 9.17) is 37.0 Å². The minimum absolute atomic E-state index is 0.104. The van der Waals surface area contributed by atoms with Gasteiger partial charge in [0.1, 0.15) is 19.3 Å². The van der Waals surface area contributed by atoms with Crippen LogP contribution in [0.15, 0.2) is 0 Å². The predicted octanol–water partition coefficient (Wildman–Crippen LogP) is 23.7. The van der Waals surface area contributed by atoms with Crippen molar-refractivity contribution in [1.29, 1.82) is 0 Å². The third-order valence-corrected chi connectivity index (χ3v) is 20.5. The van der Waals surface area contributed by atoms with Crippen LogP contribution in [-0.4, -0.2) is 96.7 Å². The maximum atomic E-state index is 13.1. The molecule has 0 aromatic heterocycles. The molecule has 0 fully saturated rings. The summed E-state index contributed by atoms with van der Waals surface area (Å²) in [6, 6.07) is 0. The van der Waals surface area contributed by atoms with Crippen molar-refractivity contribution in [2.45, 2.75) is 433 Å². The number of hydrogen-bond donors (Lipinski definition) is 3. The number of esters is 4. The van der Waals surface area contributed by atoms with Gasteiger partial charge in [-0.25, -0.2) is 9.13 Å². The van der Waals surface area contributed by atoms with Gasteiger partial charge in [-0.3, -0.25) is 37.3 Å². The van der Waals surface area contributed by atoms with Crippen LogP contribution in [0.25, 0.3) is 0 Å². The number of phosphoric ester groups is 2. The van der Waals surface area contributed by atoms with Crippen molar-refractivity contribution in [3.8, 4) is 0 Å². The predicted molar refractivity (Wildman–Crippen MR) is 405 cm³/mol. The van der Waals surface area contributed by atoms with E-state index >= 15 is 0 Å². The fraction of sp³-hybridized carbons (Fsp3) is 0.950. The summed E-state index contributed by atoms with van der Waals surface area (Å²) in [6.07, 6.45) is 58.5. The molecule has 0 bridgehead atoms. The van der Waals surface area contributed by atoms with E-state index in [2.05, 4.69) is 48.5 Å². The quantitative estimate of drug-likeness (QED) is 0.0222. The minimum atomic E-state index is -4.96. The van der Waals surface area contributed by atoms with E-state index in [1.807, 2.05) is 0 Å². The molecule has 0 spiro atoms.